The summed E-state index contributed by atoms with van der Waals surface area (Å²) in [4.78, 5) is 0. The van der Waals surface area contributed by atoms with Crippen molar-refractivity contribution < 1.29 is 4.74 Å². The van der Waals surface area contributed by atoms with Crippen LogP contribution in [0.25, 0.3) is 0 Å². The summed E-state index contributed by atoms with van der Waals surface area (Å²) in [5, 5.41) is 3.48. The molecular weight excluding hydrogens is 334 g/mol. The van der Waals surface area contributed by atoms with Crippen LogP contribution in [0.4, 0.5) is 0 Å². The van der Waals surface area contributed by atoms with Crippen LogP contribution >= 0.6 is 27.7 Å². The SMILES string of the molecule is CNC1CC2(CSCC(C)(C)C2)Oc2ccc(Br)cc21. The third-order valence-electron chi connectivity index (χ3n) is 4.26. The molecule has 4 heteroatoms. The Bertz CT molecular complexity index is 519. The van der Waals surface area contributed by atoms with Gasteiger partial charge in [-0.1, -0.05) is 29.8 Å². The van der Waals surface area contributed by atoms with E-state index in [0.29, 0.717) is 11.5 Å². The lowest BCUT2D eigenvalue weighted by atomic mass is 9.76. The number of hydrogen-bond acceptors (Lipinski definition) is 3. The van der Waals surface area contributed by atoms with Crippen LogP contribution in [0.1, 0.15) is 38.3 Å². The van der Waals surface area contributed by atoms with E-state index in [1.807, 2.05) is 11.8 Å². The van der Waals surface area contributed by atoms with Crippen molar-refractivity contribution in [1.29, 1.82) is 0 Å². The van der Waals surface area contributed by atoms with Crippen molar-refractivity contribution in [2.75, 3.05) is 18.6 Å². The molecule has 0 amide bonds. The minimum Gasteiger partial charge on any atom is -0.486 e. The molecule has 1 fully saturated rings. The zero-order valence-corrected chi connectivity index (χ0v) is 14.7. The lowest BCUT2D eigenvalue weighted by Gasteiger charge is -2.48. The molecule has 2 aliphatic rings. The highest BCUT2D eigenvalue weighted by molar-refractivity contribution is 9.10. The predicted molar refractivity (Wildman–Crippen MR) is 89.6 cm³/mol. The van der Waals surface area contributed by atoms with E-state index in [1.165, 1.54) is 11.3 Å². The minimum atomic E-state index is -0.0130. The molecule has 2 atom stereocenters. The molecule has 2 aliphatic heterocycles. The van der Waals surface area contributed by atoms with Gasteiger partial charge in [-0.25, -0.2) is 0 Å². The maximum atomic E-state index is 6.50. The van der Waals surface area contributed by atoms with Crippen LogP contribution in [0.2, 0.25) is 0 Å². The number of benzene rings is 1. The van der Waals surface area contributed by atoms with E-state index in [2.05, 4.69) is 60.3 Å². The third-order valence-corrected chi connectivity index (χ3v) is 6.47. The molecule has 0 aliphatic carbocycles. The fraction of sp³-hybridized carbons (Fsp3) is 0.625. The first-order chi connectivity index (χ1) is 9.43. The zero-order chi connectivity index (χ0) is 14.4. The summed E-state index contributed by atoms with van der Waals surface area (Å²) in [6.45, 7) is 4.71. The number of fused-ring (bicyclic) bond motifs is 1. The van der Waals surface area contributed by atoms with E-state index in [1.54, 1.807) is 0 Å². The lowest BCUT2D eigenvalue weighted by Crippen LogP contribution is -2.51. The van der Waals surface area contributed by atoms with Crippen LogP contribution in [-0.4, -0.2) is 24.2 Å². The van der Waals surface area contributed by atoms with Gasteiger partial charge in [0.05, 0.1) is 0 Å². The molecule has 1 aromatic rings. The molecule has 20 heavy (non-hydrogen) atoms. The fourth-order valence-corrected chi connectivity index (χ4v) is 5.37. The first kappa shape index (κ1) is 14.7. The highest BCUT2D eigenvalue weighted by Gasteiger charge is 2.46. The van der Waals surface area contributed by atoms with Crippen LogP contribution in [0, 0.1) is 5.41 Å². The fourth-order valence-electron chi connectivity index (χ4n) is 3.58. The van der Waals surface area contributed by atoms with Gasteiger partial charge in [0.2, 0.25) is 0 Å². The number of thioether (sulfide) groups is 1. The molecule has 3 rings (SSSR count). The van der Waals surface area contributed by atoms with Crippen molar-refractivity contribution in [1.82, 2.24) is 5.32 Å². The largest absolute Gasteiger partial charge is 0.486 e. The van der Waals surface area contributed by atoms with Crippen molar-refractivity contribution in [2.24, 2.45) is 5.41 Å². The molecule has 2 heterocycles. The van der Waals surface area contributed by atoms with E-state index in [-0.39, 0.29) is 5.60 Å². The summed E-state index contributed by atoms with van der Waals surface area (Å²) < 4.78 is 7.62. The summed E-state index contributed by atoms with van der Waals surface area (Å²) in [5.41, 5.74) is 1.62. The van der Waals surface area contributed by atoms with Gasteiger partial charge in [-0.15, -0.1) is 0 Å². The number of hydrogen-bond donors (Lipinski definition) is 1. The van der Waals surface area contributed by atoms with Crippen molar-refractivity contribution in [3.8, 4) is 5.75 Å². The summed E-state index contributed by atoms with van der Waals surface area (Å²) in [6, 6.07) is 6.75. The third kappa shape index (κ3) is 2.75. The number of nitrogens with one attached hydrogen (secondary N) is 1. The molecule has 2 nitrogen and oxygen atoms in total. The Balaban J connectivity index is 1.96. The summed E-state index contributed by atoms with van der Waals surface area (Å²) in [5.74, 6) is 3.39. The quantitative estimate of drug-likeness (QED) is 0.806. The second-order valence-electron chi connectivity index (χ2n) is 6.85. The number of halogens is 1. The minimum absolute atomic E-state index is 0.0130. The van der Waals surface area contributed by atoms with Gasteiger partial charge < -0.3 is 10.1 Å². The molecule has 0 aromatic heterocycles. The number of rotatable bonds is 1. The molecular formula is C16H22BrNOS. The molecule has 1 spiro atoms. The van der Waals surface area contributed by atoms with Crippen molar-refractivity contribution in [3.63, 3.8) is 0 Å². The van der Waals surface area contributed by atoms with Gasteiger partial charge in [0.15, 0.2) is 0 Å². The molecule has 0 radical (unpaired) electrons. The van der Waals surface area contributed by atoms with Crippen LogP contribution in [-0.2, 0) is 0 Å². The van der Waals surface area contributed by atoms with Gasteiger partial charge in [0, 0.05) is 28.3 Å². The van der Waals surface area contributed by atoms with Gasteiger partial charge in [-0.3, -0.25) is 0 Å². The van der Waals surface area contributed by atoms with Crippen LogP contribution in [0.3, 0.4) is 0 Å². The van der Waals surface area contributed by atoms with Gasteiger partial charge in [0.25, 0.3) is 0 Å². The van der Waals surface area contributed by atoms with E-state index < -0.39 is 0 Å². The smallest absolute Gasteiger partial charge is 0.125 e. The Morgan fingerprint density at radius 2 is 2.15 bits per heavy atom. The number of ether oxygens (including phenoxy) is 1. The average molecular weight is 356 g/mol. The first-order valence-corrected chi connectivity index (χ1v) is 9.11. The Kier molecular flexibility index (Phi) is 3.85. The normalized spacial score (nSPS) is 31.7. The average Bonchev–Trinajstić information content (AvgIpc) is 2.37. The topological polar surface area (TPSA) is 21.3 Å². The maximum absolute atomic E-state index is 6.50. The Morgan fingerprint density at radius 3 is 2.85 bits per heavy atom. The van der Waals surface area contributed by atoms with E-state index in [4.69, 9.17) is 4.74 Å². The monoisotopic (exact) mass is 355 g/mol. The van der Waals surface area contributed by atoms with E-state index in [0.717, 1.165) is 28.8 Å². The zero-order valence-electron chi connectivity index (χ0n) is 12.3. The summed E-state index contributed by atoms with van der Waals surface area (Å²) in [7, 11) is 2.05. The van der Waals surface area contributed by atoms with E-state index >= 15 is 0 Å². The molecule has 2 unspecified atom stereocenters. The second-order valence-corrected chi connectivity index (χ2v) is 8.75. The van der Waals surface area contributed by atoms with Crippen molar-refractivity contribution in [3.05, 3.63) is 28.2 Å². The molecule has 1 saturated heterocycles. The van der Waals surface area contributed by atoms with Gasteiger partial charge in [-0.2, -0.15) is 11.8 Å². The van der Waals surface area contributed by atoms with E-state index in [9.17, 15) is 0 Å². The second kappa shape index (κ2) is 5.22. The lowest BCUT2D eigenvalue weighted by molar-refractivity contribution is 0.0128. The molecule has 0 saturated carbocycles. The van der Waals surface area contributed by atoms with Gasteiger partial charge in [-0.05, 0) is 42.8 Å². The Hall–Kier alpha value is -0.190. The molecule has 110 valence electrons. The van der Waals surface area contributed by atoms with Crippen molar-refractivity contribution >= 4 is 27.7 Å². The first-order valence-electron chi connectivity index (χ1n) is 7.17. The van der Waals surface area contributed by atoms with Crippen LogP contribution in [0.5, 0.6) is 5.75 Å². The van der Waals surface area contributed by atoms with Gasteiger partial charge >= 0.3 is 0 Å². The summed E-state index contributed by atoms with van der Waals surface area (Å²) >= 11 is 5.60. The predicted octanol–water partition coefficient (Wildman–Crippen LogP) is 4.39. The molecule has 0 bridgehead atoms. The molecule has 1 N–H and O–H groups in total. The highest BCUT2D eigenvalue weighted by Crippen LogP contribution is 2.49. The van der Waals surface area contributed by atoms with Crippen LogP contribution in [0.15, 0.2) is 22.7 Å². The maximum Gasteiger partial charge on any atom is 0.125 e. The van der Waals surface area contributed by atoms with Gasteiger partial charge in [0.1, 0.15) is 11.4 Å². The Morgan fingerprint density at radius 1 is 1.35 bits per heavy atom. The van der Waals surface area contributed by atoms with Crippen LogP contribution < -0.4 is 10.1 Å². The summed E-state index contributed by atoms with van der Waals surface area (Å²) in [6.07, 6.45) is 2.20. The standard InChI is InChI=1S/C16H22BrNOS/c1-15(2)8-16(10-20-9-15)7-13(18-3)12-6-11(17)4-5-14(12)19-16/h4-6,13,18H,7-10H2,1-3H3. The molecule has 1 aromatic carbocycles. The Labute approximate surface area is 134 Å². The highest BCUT2D eigenvalue weighted by atomic mass is 79.9. The van der Waals surface area contributed by atoms with Crippen molar-refractivity contribution in [2.45, 2.75) is 38.3 Å².